The molecule has 0 radical (unpaired) electrons. The van der Waals surface area contributed by atoms with Crippen LogP contribution in [0.5, 0.6) is 0 Å². The lowest BCUT2D eigenvalue weighted by Gasteiger charge is -2.23. The molecule has 7 heteroatoms. The normalized spacial score (nSPS) is 10.2. The molecule has 3 aromatic rings. The van der Waals surface area contributed by atoms with E-state index in [0.29, 0.717) is 11.4 Å². The van der Waals surface area contributed by atoms with E-state index in [1.54, 1.807) is 24.3 Å². The van der Waals surface area contributed by atoms with Crippen molar-refractivity contribution in [3.63, 3.8) is 0 Å². The number of hydrogen-bond acceptors (Lipinski definition) is 4. The molecular formula is C25H23N3O3S. The molecule has 0 aliphatic rings. The van der Waals surface area contributed by atoms with E-state index < -0.39 is 11.8 Å². The minimum Gasteiger partial charge on any atom is -0.332 e. The van der Waals surface area contributed by atoms with Crippen LogP contribution in [0.25, 0.3) is 0 Å². The first-order valence-corrected chi connectivity index (χ1v) is 10.5. The maximum absolute atomic E-state index is 13.1. The molecule has 0 spiro atoms. The number of carbonyl (C=O) groups excluding carboxylic acids is 3. The number of benzene rings is 3. The molecule has 0 unspecified atom stereocenters. The third-order valence-corrected chi connectivity index (χ3v) is 4.84. The Morgan fingerprint density at radius 3 is 1.50 bits per heavy atom. The number of carbonyl (C=O) groups is 3. The third kappa shape index (κ3) is 6.58. The van der Waals surface area contributed by atoms with E-state index in [4.69, 9.17) is 12.2 Å². The van der Waals surface area contributed by atoms with E-state index in [-0.39, 0.29) is 23.9 Å². The predicted octanol–water partition coefficient (Wildman–Crippen LogP) is 4.18. The molecule has 0 aliphatic heterocycles. The number of hydrogen-bond donors (Lipinski definition) is 2. The number of imide groups is 1. The minimum atomic E-state index is -0.413. The molecule has 0 bridgehead atoms. The number of thiocarbonyl (C=S) groups is 1. The van der Waals surface area contributed by atoms with Crippen LogP contribution < -0.4 is 10.6 Å². The van der Waals surface area contributed by atoms with Gasteiger partial charge in [-0.2, -0.15) is 0 Å². The van der Waals surface area contributed by atoms with Crippen molar-refractivity contribution < 1.29 is 14.4 Å². The molecule has 6 nitrogen and oxygen atoms in total. The van der Waals surface area contributed by atoms with Gasteiger partial charge in [-0.05, 0) is 47.6 Å². The summed E-state index contributed by atoms with van der Waals surface area (Å²) in [6.45, 7) is 1.43. The van der Waals surface area contributed by atoms with Crippen LogP contribution in [0.1, 0.15) is 18.1 Å². The molecule has 0 atom stereocenters. The van der Waals surface area contributed by atoms with Gasteiger partial charge < -0.3 is 10.6 Å². The van der Waals surface area contributed by atoms with Crippen molar-refractivity contribution in [2.24, 2.45) is 0 Å². The second-order valence-corrected chi connectivity index (χ2v) is 7.52. The summed E-state index contributed by atoms with van der Waals surface area (Å²) in [6.07, 6.45) is 0.0926. The average Bonchev–Trinajstić information content (AvgIpc) is 2.76. The number of nitrogens with one attached hydrogen (secondary N) is 2. The molecule has 3 aromatic carbocycles. The zero-order valence-corrected chi connectivity index (χ0v) is 18.4. The Hall–Kier alpha value is -3.84. The molecule has 0 saturated carbocycles. The van der Waals surface area contributed by atoms with Gasteiger partial charge in [0, 0.05) is 18.3 Å². The van der Waals surface area contributed by atoms with Crippen LogP contribution in [-0.2, 0) is 27.2 Å². The Bertz CT molecular complexity index is 1050. The van der Waals surface area contributed by atoms with Crippen LogP contribution >= 0.6 is 12.2 Å². The van der Waals surface area contributed by atoms with E-state index >= 15 is 0 Å². The Morgan fingerprint density at radius 2 is 1.09 bits per heavy atom. The van der Waals surface area contributed by atoms with Crippen LogP contribution in [0.3, 0.4) is 0 Å². The van der Waals surface area contributed by atoms with Crippen molar-refractivity contribution in [2.75, 3.05) is 10.6 Å². The van der Waals surface area contributed by atoms with E-state index in [1.807, 2.05) is 60.7 Å². The maximum Gasteiger partial charge on any atom is 0.240 e. The first kappa shape index (κ1) is 22.8. The molecule has 0 aliphatic carbocycles. The van der Waals surface area contributed by atoms with Gasteiger partial charge in [-0.15, -0.1) is 0 Å². The standard InChI is InChI=1S/C25H23N3O3S/c1-18(29)26-21-12-14-22(15-13-21)27-25(32)28(23(30)16-19-8-4-2-5-9-19)24(31)17-20-10-6-3-7-11-20/h2-15H,16-17H2,1H3,(H,26,29)(H,27,32). The van der Waals surface area contributed by atoms with Crippen molar-refractivity contribution in [3.05, 3.63) is 96.1 Å². The van der Waals surface area contributed by atoms with Gasteiger partial charge in [0.15, 0.2) is 5.11 Å². The fourth-order valence-corrected chi connectivity index (χ4v) is 3.41. The first-order chi connectivity index (χ1) is 15.4. The molecule has 3 amide bonds. The van der Waals surface area contributed by atoms with Gasteiger partial charge in [0.25, 0.3) is 0 Å². The fraction of sp³-hybridized carbons (Fsp3) is 0.120. The van der Waals surface area contributed by atoms with E-state index in [2.05, 4.69) is 10.6 Å². The monoisotopic (exact) mass is 445 g/mol. The fourth-order valence-electron chi connectivity index (χ4n) is 3.08. The summed E-state index contributed by atoms with van der Waals surface area (Å²) >= 11 is 5.45. The molecule has 162 valence electrons. The average molecular weight is 446 g/mol. The number of anilines is 2. The van der Waals surface area contributed by atoms with E-state index in [0.717, 1.165) is 16.0 Å². The lowest BCUT2D eigenvalue weighted by molar-refractivity contribution is -0.138. The second-order valence-electron chi connectivity index (χ2n) is 7.14. The molecule has 0 saturated heterocycles. The van der Waals surface area contributed by atoms with Crippen LogP contribution in [0.2, 0.25) is 0 Å². The van der Waals surface area contributed by atoms with Crippen molar-refractivity contribution in [2.45, 2.75) is 19.8 Å². The lowest BCUT2D eigenvalue weighted by atomic mass is 10.1. The number of nitrogens with zero attached hydrogens (tertiary/aromatic N) is 1. The smallest absolute Gasteiger partial charge is 0.240 e. The highest BCUT2D eigenvalue weighted by atomic mass is 32.1. The maximum atomic E-state index is 13.1. The van der Waals surface area contributed by atoms with Gasteiger partial charge in [0.05, 0.1) is 12.8 Å². The van der Waals surface area contributed by atoms with Crippen molar-refractivity contribution in [1.82, 2.24) is 4.90 Å². The minimum absolute atomic E-state index is 0.000797. The summed E-state index contributed by atoms with van der Waals surface area (Å²) in [7, 11) is 0. The molecule has 0 aromatic heterocycles. The highest BCUT2D eigenvalue weighted by Gasteiger charge is 2.26. The van der Waals surface area contributed by atoms with Gasteiger partial charge in [-0.25, -0.2) is 4.90 Å². The summed E-state index contributed by atoms with van der Waals surface area (Å²) < 4.78 is 0. The van der Waals surface area contributed by atoms with Gasteiger partial charge in [-0.3, -0.25) is 14.4 Å². The largest absolute Gasteiger partial charge is 0.332 e. The molecule has 2 N–H and O–H groups in total. The summed E-state index contributed by atoms with van der Waals surface area (Å²) in [4.78, 5) is 38.4. The zero-order chi connectivity index (χ0) is 22.9. The number of amides is 3. The lowest BCUT2D eigenvalue weighted by Crippen LogP contribution is -2.45. The summed E-state index contributed by atoms with van der Waals surface area (Å²) in [5.74, 6) is -1.00. The molecule has 0 heterocycles. The molecular weight excluding hydrogens is 422 g/mol. The van der Waals surface area contributed by atoms with Crippen molar-refractivity contribution >= 4 is 46.4 Å². The Labute approximate surface area is 192 Å². The summed E-state index contributed by atoms with van der Waals surface area (Å²) in [5, 5.41) is 5.64. The van der Waals surface area contributed by atoms with Crippen LogP contribution in [-0.4, -0.2) is 27.7 Å². The van der Waals surface area contributed by atoms with Gasteiger partial charge >= 0.3 is 0 Å². The second kappa shape index (κ2) is 11.0. The van der Waals surface area contributed by atoms with Crippen LogP contribution in [0, 0.1) is 0 Å². The quantitative estimate of drug-likeness (QED) is 0.557. The highest BCUT2D eigenvalue weighted by molar-refractivity contribution is 7.80. The van der Waals surface area contributed by atoms with E-state index in [1.165, 1.54) is 6.92 Å². The van der Waals surface area contributed by atoms with E-state index in [9.17, 15) is 14.4 Å². The molecule has 0 fully saturated rings. The summed E-state index contributed by atoms with van der Waals surface area (Å²) in [6, 6.07) is 25.2. The van der Waals surface area contributed by atoms with Gasteiger partial charge in [0.2, 0.25) is 17.7 Å². The van der Waals surface area contributed by atoms with Crippen molar-refractivity contribution in [1.29, 1.82) is 0 Å². The first-order valence-electron chi connectivity index (χ1n) is 10.0. The zero-order valence-electron chi connectivity index (χ0n) is 17.6. The number of rotatable bonds is 6. The Morgan fingerprint density at radius 1 is 0.688 bits per heavy atom. The summed E-state index contributed by atoms with van der Waals surface area (Å²) in [5.41, 5.74) is 2.80. The van der Waals surface area contributed by atoms with Crippen LogP contribution in [0.4, 0.5) is 11.4 Å². The van der Waals surface area contributed by atoms with Crippen molar-refractivity contribution in [3.8, 4) is 0 Å². The third-order valence-electron chi connectivity index (χ3n) is 4.55. The molecule has 3 rings (SSSR count). The Balaban J connectivity index is 1.78. The van der Waals surface area contributed by atoms with Crippen LogP contribution in [0.15, 0.2) is 84.9 Å². The predicted molar refractivity (Wildman–Crippen MR) is 129 cm³/mol. The van der Waals surface area contributed by atoms with Gasteiger partial charge in [0.1, 0.15) is 0 Å². The molecule has 32 heavy (non-hydrogen) atoms. The topological polar surface area (TPSA) is 78.5 Å². The highest BCUT2D eigenvalue weighted by Crippen LogP contribution is 2.15. The SMILES string of the molecule is CC(=O)Nc1ccc(NC(=S)N(C(=O)Cc2ccccc2)C(=O)Cc2ccccc2)cc1. The van der Waals surface area contributed by atoms with Gasteiger partial charge in [-0.1, -0.05) is 60.7 Å². The Kier molecular flexibility index (Phi) is 7.83.